The van der Waals surface area contributed by atoms with Gasteiger partial charge in [0, 0.05) is 12.8 Å². The van der Waals surface area contributed by atoms with E-state index in [2.05, 4.69) is 98.9 Å². The Hall–Kier alpha value is -2.81. The van der Waals surface area contributed by atoms with Crippen molar-refractivity contribution in [1.29, 1.82) is 0 Å². The molecule has 0 spiro atoms. The lowest BCUT2D eigenvalue weighted by molar-refractivity contribution is -0.870. The topological polar surface area (TPSA) is 111 Å². The Balaban J connectivity index is 4.47. The second-order valence-corrected chi connectivity index (χ2v) is 16.7. The van der Waals surface area contributed by atoms with E-state index in [1.807, 2.05) is 21.1 Å². The number of quaternary nitrogens is 1. The van der Waals surface area contributed by atoms with Crippen LogP contribution in [0.1, 0.15) is 149 Å². The molecule has 2 unspecified atom stereocenters. The van der Waals surface area contributed by atoms with Crippen LogP contribution in [0, 0.1) is 0 Å². The Morgan fingerprint density at radius 1 is 0.561 bits per heavy atom. The number of hydrogen-bond donors (Lipinski definition) is 0. The van der Waals surface area contributed by atoms with Crippen molar-refractivity contribution in [2.45, 2.75) is 155 Å². The van der Waals surface area contributed by atoms with E-state index in [4.69, 9.17) is 18.5 Å². The molecule has 0 saturated heterocycles. The highest BCUT2D eigenvalue weighted by Crippen LogP contribution is 2.38. The zero-order valence-corrected chi connectivity index (χ0v) is 37.4. The molecule has 326 valence electrons. The minimum Gasteiger partial charge on any atom is -0.756 e. The number of nitrogens with zero attached hydrogens (tertiary/aromatic N) is 1. The maximum absolute atomic E-state index is 12.7. The molecule has 9 nitrogen and oxygen atoms in total. The first-order valence-corrected chi connectivity index (χ1v) is 23.3. The third-order valence-corrected chi connectivity index (χ3v) is 9.61. The number of ether oxygens (including phenoxy) is 2. The molecular formula is C47H80NO8P. The van der Waals surface area contributed by atoms with E-state index < -0.39 is 32.5 Å². The van der Waals surface area contributed by atoms with Crippen molar-refractivity contribution in [2.24, 2.45) is 0 Å². The van der Waals surface area contributed by atoms with Crippen molar-refractivity contribution in [3.63, 3.8) is 0 Å². The predicted octanol–water partition coefficient (Wildman–Crippen LogP) is 11.8. The molecule has 0 N–H and O–H groups in total. The number of hydrogen-bond acceptors (Lipinski definition) is 8. The quantitative estimate of drug-likeness (QED) is 0.0199. The normalized spacial score (nSPS) is 14.4. The maximum Gasteiger partial charge on any atom is 0.306 e. The number of likely N-dealkylation sites (N-methyl/N-ethyl adjacent to an activating group) is 1. The molecule has 0 aromatic heterocycles. The van der Waals surface area contributed by atoms with Gasteiger partial charge in [0.2, 0.25) is 0 Å². The predicted molar refractivity (Wildman–Crippen MR) is 236 cm³/mol. The first kappa shape index (κ1) is 54.2. The Morgan fingerprint density at radius 2 is 1.00 bits per heavy atom. The van der Waals surface area contributed by atoms with Crippen LogP contribution in [-0.4, -0.2) is 70.0 Å². The van der Waals surface area contributed by atoms with Crippen LogP contribution in [0.3, 0.4) is 0 Å². The minimum atomic E-state index is -4.64. The Bertz CT molecular complexity index is 1240. The van der Waals surface area contributed by atoms with Gasteiger partial charge in [0.15, 0.2) is 6.10 Å². The van der Waals surface area contributed by atoms with Gasteiger partial charge in [-0.2, -0.15) is 0 Å². The van der Waals surface area contributed by atoms with Crippen LogP contribution in [0.2, 0.25) is 0 Å². The van der Waals surface area contributed by atoms with Crippen molar-refractivity contribution >= 4 is 19.8 Å². The van der Waals surface area contributed by atoms with Crippen molar-refractivity contribution in [2.75, 3.05) is 47.5 Å². The Labute approximate surface area is 348 Å². The number of allylic oxidation sites excluding steroid dienone is 14. The molecule has 10 heteroatoms. The van der Waals surface area contributed by atoms with Crippen LogP contribution in [0.25, 0.3) is 0 Å². The fourth-order valence-electron chi connectivity index (χ4n) is 5.24. The van der Waals surface area contributed by atoms with Crippen molar-refractivity contribution in [1.82, 2.24) is 0 Å². The van der Waals surface area contributed by atoms with E-state index in [1.54, 1.807) is 0 Å². The number of carbonyl (C=O) groups excluding carboxylic acids is 2. The molecule has 0 aliphatic carbocycles. The lowest BCUT2D eigenvalue weighted by Crippen LogP contribution is -2.37. The molecule has 0 aromatic carbocycles. The fraction of sp³-hybridized carbons (Fsp3) is 0.660. The van der Waals surface area contributed by atoms with Crippen LogP contribution < -0.4 is 4.89 Å². The molecule has 0 aliphatic heterocycles. The zero-order valence-electron chi connectivity index (χ0n) is 36.5. The van der Waals surface area contributed by atoms with Gasteiger partial charge < -0.3 is 27.9 Å². The van der Waals surface area contributed by atoms with E-state index in [-0.39, 0.29) is 26.1 Å². The molecule has 0 bridgehead atoms. The third kappa shape index (κ3) is 42.6. The highest BCUT2D eigenvalue weighted by molar-refractivity contribution is 7.45. The van der Waals surface area contributed by atoms with Gasteiger partial charge >= 0.3 is 11.9 Å². The molecule has 0 fully saturated rings. The average molecular weight is 818 g/mol. The SMILES string of the molecule is CC/C=C\C/C=C\C/C=C\C/C=C\C/C=C\C/C=C\CCCCC(=O)OC(COC(=O)CCCCCCC/C=C\CCCCC)COP(=O)([O-])OCC[N+](C)(C)C. The molecular weight excluding hydrogens is 737 g/mol. The number of unbranched alkanes of at least 4 members (excludes halogenated alkanes) is 10. The summed E-state index contributed by atoms with van der Waals surface area (Å²) in [6, 6.07) is 0. The summed E-state index contributed by atoms with van der Waals surface area (Å²) in [6.07, 6.45) is 49.0. The second-order valence-electron chi connectivity index (χ2n) is 15.3. The number of carbonyl (C=O) groups is 2. The lowest BCUT2D eigenvalue weighted by atomic mass is 10.1. The van der Waals surface area contributed by atoms with Gasteiger partial charge in [-0.15, -0.1) is 0 Å². The molecule has 57 heavy (non-hydrogen) atoms. The number of rotatable bonds is 38. The van der Waals surface area contributed by atoms with E-state index >= 15 is 0 Å². The largest absolute Gasteiger partial charge is 0.756 e. The van der Waals surface area contributed by atoms with Gasteiger partial charge in [-0.25, -0.2) is 0 Å². The summed E-state index contributed by atoms with van der Waals surface area (Å²) in [5, 5.41) is 0. The van der Waals surface area contributed by atoms with Crippen LogP contribution in [0.15, 0.2) is 85.1 Å². The van der Waals surface area contributed by atoms with Crippen molar-refractivity contribution in [3.8, 4) is 0 Å². The van der Waals surface area contributed by atoms with E-state index in [9.17, 15) is 19.0 Å². The zero-order chi connectivity index (χ0) is 42.1. The summed E-state index contributed by atoms with van der Waals surface area (Å²) in [5.41, 5.74) is 0. The molecule has 0 rings (SSSR count). The molecule has 0 heterocycles. The Kier molecular flexibility index (Phi) is 36.8. The van der Waals surface area contributed by atoms with E-state index in [0.717, 1.165) is 89.9 Å². The van der Waals surface area contributed by atoms with E-state index in [1.165, 1.54) is 19.3 Å². The maximum atomic E-state index is 12.7. The van der Waals surface area contributed by atoms with Gasteiger partial charge in [0.05, 0.1) is 27.7 Å². The minimum absolute atomic E-state index is 0.0454. The standard InChI is InChI=1S/C47H80NO8P/c1-6-8-10-12-14-16-18-20-21-22-23-24-25-26-27-28-30-32-34-36-38-40-47(50)56-45(44-55-57(51,52)54-42-41-48(3,4)5)43-53-46(49)39-37-35-33-31-29-19-17-15-13-11-9-7-2/h8,10,14-17,20-21,23-24,26-27,30,32,45H,6-7,9,11-13,18-19,22,25,28-29,31,33-44H2,1-5H3/b10-8-,16-14-,17-15-,21-20-,24-23-,27-26-,32-30-. The van der Waals surface area contributed by atoms with Crippen LogP contribution in [0.4, 0.5) is 0 Å². The molecule has 0 aromatic rings. The summed E-state index contributed by atoms with van der Waals surface area (Å²) in [5.74, 6) is -0.906. The molecule has 2 atom stereocenters. The van der Waals surface area contributed by atoms with Crippen LogP contribution in [-0.2, 0) is 32.7 Å². The van der Waals surface area contributed by atoms with Gasteiger partial charge in [0.1, 0.15) is 19.8 Å². The average Bonchev–Trinajstić information content (AvgIpc) is 3.16. The van der Waals surface area contributed by atoms with Gasteiger partial charge in [-0.05, 0) is 89.9 Å². The van der Waals surface area contributed by atoms with Gasteiger partial charge in [-0.1, -0.05) is 131 Å². The van der Waals surface area contributed by atoms with Gasteiger partial charge in [0.25, 0.3) is 7.82 Å². The highest BCUT2D eigenvalue weighted by atomic mass is 31.2. The summed E-state index contributed by atoms with van der Waals surface area (Å²) >= 11 is 0. The molecule has 0 radical (unpaired) electrons. The number of phosphoric ester groups is 1. The molecule has 0 amide bonds. The Morgan fingerprint density at radius 3 is 1.54 bits per heavy atom. The van der Waals surface area contributed by atoms with E-state index in [0.29, 0.717) is 23.9 Å². The molecule has 0 saturated carbocycles. The lowest BCUT2D eigenvalue weighted by Gasteiger charge is -2.28. The van der Waals surface area contributed by atoms with Crippen molar-refractivity contribution < 1.29 is 42.1 Å². The van der Waals surface area contributed by atoms with Gasteiger partial charge in [-0.3, -0.25) is 14.2 Å². The number of phosphoric acid groups is 1. The summed E-state index contributed by atoms with van der Waals surface area (Å²) in [6.45, 7) is 4.00. The van der Waals surface area contributed by atoms with Crippen molar-refractivity contribution in [3.05, 3.63) is 85.1 Å². The fourth-order valence-corrected chi connectivity index (χ4v) is 5.97. The smallest absolute Gasteiger partial charge is 0.306 e. The number of esters is 2. The third-order valence-electron chi connectivity index (χ3n) is 8.65. The van der Waals surface area contributed by atoms with Crippen LogP contribution >= 0.6 is 7.82 Å². The summed E-state index contributed by atoms with van der Waals surface area (Å²) < 4.78 is 33.8. The first-order chi connectivity index (χ1) is 27.5. The summed E-state index contributed by atoms with van der Waals surface area (Å²) in [7, 11) is 1.11. The summed E-state index contributed by atoms with van der Waals surface area (Å²) in [4.78, 5) is 37.5. The second kappa shape index (κ2) is 38.7. The molecule has 0 aliphatic rings. The van der Waals surface area contributed by atoms with Crippen LogP contribution in [0.5, 0.6) is 0 Å². The monoisotopic (exact) mass is 818 g/mol. The highest BCUT2D eigenvalue weighted by Gasteiger charge is 2.21. The first-order valence-electron chi connectivity index (χ1n) is 21.8.